The molecule has 0 bridgehead atoms. The fraction of sp³-hybridized carbons (Fsp3) is 0.800. The first-order valence-corrected chi connectivity index (χ1v) is 7.97. The quantitative estimate of drug-likeness (QED) is 0.807. The Balaban J connectivity index is 1.81. The van der Waals surface area contributed by atoms with E-state index < -0.39 is 0 Å². The smallest absolute Gasteiger partial charge is 0.131 e. The molecule has 2 heterocycles. The monoisotopic (exact) mass is 298 g/mol. The molecule has 0 saturated carbocycles. The Hall–Kier alpha value is -0.580. The van der Waals surface area contributed by atoms with Gasteiger partial charge in [-0.3, -0.25) is 4.68 Å². The first kappa shape index (κ1) is 15.8. The summed E-state index contributed by atoms with van der Waals surface area (Å²) >= 11 is 6.29. The minimum absolute atomic E-state index is 0.686. The van der Waals surface area contributed by atoms with Crippen molar-refractivity contribution in [3.8, 4) is 0 Å². The molecule has 0 radical (unpaired) electrons. The van der Waals surface area contributed by atoms with Gasteiger partial charge in [-0.25, -0.2) is 0 Å². The van der Waals surface area contributed by atoms with E-state index in [1.807, 2.05) is 14.0 Å². The summed E-state index contributed by atoms with van der Waals surface area (Å²) in [6, 6.07) is 0.686. The maximum absolute atomic E-state index is 6.29. The Bertz CT molecular complexity index is 437. The summed E-state index contributed by atoms with van der Waals surface area (Å²) in [5.41, 5.74) is 2.20. The summed E-state index contributed by atoms with van der Waals surface area (Å²) in [7, 11) is 4.06. The summed E-state index contributed by atoms with van der Waals surface area (Å²) < 4.78 is 1.76. The van der Waals surface area contributed by atoms with E-state index in [1.54, 1.807) is 4.68 Å². The van der Waals surface area contributed by atoms with Gasteiger partial charge < -0.3 is 9.80 Å². The fourth-order valence-corrected chi connectivity index (χ4v) is 3.21. The number of aryl methyl sites for hydroxylation is 2. The van der Waals surface area contributed by atoms with Crippen LogP contribution >= 0.6 is 11.6 Å². The van der Waals surface area contributed by atoms with Crippen molar-refractivity contribution < 1.29 is 0 Å². The van der Waals surface area contributed by atoms with Crippen molar-refractivity contribution in [3.05, 3.63) is 16.4 Å². The van der Waals surface area contributed by atoms with Gasteiger partial charge in [-0.15, -0.1) is 0 Å². The number of hydrogen-bond donors (Lipinski definition) is 0. The van der Waals surface area contributed by atoms with Gasteiger partial charge in [-0.2, -0.15) is 5.10 Å². The lowest BCUT2D eigenvalue weighted by molar-refractivity contribution is 0.215. The number of rotatable bonds is 6. The second-order valence-corrected chi connectivity index (χ2v) is 6.45. The van der Waals surface area contributed by atoms with Gasteiger partial charge >= 0.3 is 0 Å². The molecule has 4 nitrogen and oxygen atoms in total. The number of aromatic nitrogens is 2. The van der Waals surface area contributed by atoms with Crippen LogP contribution in [-0.4, -0.2) is 52.3 Å². The van der Waals surface area contributed by atoms with Crippen LogP contribution in [0.15, 0.2) is 0 Å². The standard InChI is InChI=1S/C15H27ClN4/c1-12(20-8-5-6-9-20)7-10-18(3)11-14-13(2)17-19(4)15(14)16/h12H,5-11H2,1-4H3. The van der Waals surface area contributed by atoms with Crippen LogP contribution in [0.25, 0.3) is 0 Å². The molecule has 1 saturated heterocycles. The van der Waals surface area contributed by atoms with Crippen molar-refractivity contribution in [2.24, 2.45) is 7.05 Å². The summed E-state index contributed by atoms with van der Waals surface area (Å²) in [4.78, 5) is 4.96. The largest absolute Gasteiger partial charge is 0.302 e. The maximum atomic E-state index is 6.29. The third-order valence-electron chi connectivity index (χ3n) is 4.39. The fourth-order valence-electron chi connectivity index (χ4n) is 2.97. The minimum Gasteiger partial charge on any atom is -0.302 e. The zero-order chi connectivity index (χ0) is 14.7. The summed E-state index contributed by atoms with van der Waals surface area (Å²) in [6.07, 6.45) is 3.95. The van der Waals surface area contributed by atoms with Crippen LogP contribution in [-0.2, 0) is 13.6 Å². The molecule has 1 aromatic heterocycles. The van der Waals surface area contributed by atoms with Gasteiger partial charge in [0, 0.05) is 25.2 Å². The summed E-state index contributed by atoms with van der Waals surface area (Å²) in [5.74, 6) is 0. The second kappa shape index (κ2) is 6.92. The van der Waals surface area contributed by atoms with Crippen molar-refractivity contribution >= 4 is 11.6 Å². The Morgan fingerprint density at radius 2 is 2.00 bits per heavy atom. The molecular formula is C15H27ClN4. The van der Waals surface area contributed by atoms with Crippen molar-refractivity contribution in [1.29, 1.82) is 0 Å². The van der Waals surface area contributed by atoms with Gasteiger partial charge in [0.25, 0.3) is 0 Å². The molecule has 5 heteroatoms. The Labute approximate surface area is 127 Å². The second-order valence-electron chi connectivity index (χ2n) is 6.10. The lowest BCUT2D eigenvalue weighted by Gasteiger charge is -2.26. The molecule has 1 aliphatic heterocycles. The number of nitrogens with zero attached hydrogens (tertiary/aromatic N) is 4. The highest BCUT2D eigenvalue weighted by Crippen LogP contribution is 2.20. The molecule has 1 aromatic rings. The molecule has 114 valence electrons. The zero-order valence-corrected chi connectivity index (χ0v) is 13.9. The van der Waals surface area contributed by atoms with Crippen molar-refractivity contribution in [2.45, 2.75) is 45.7 Å². The Kier molecular flexibility index (Phi) is 5.47. The lowest BCUT2D eigenvalue weighted by atomic mass is 10.2. The predicted molar refractivity (Wildman–Crippen MR) is 84.2 cm³/mol. The van der Waals surface area contributed by atoms with E-state index in [2.05, 4.69) is 28.9 Å². The topological polar surface area (TPSA) is 24.3 Å². The highest BCUT2D eigenvalue weighted by molar-refractivity contribution is 6.30. The molecule has 2 rings (SSSR count). The third kappa shape index (κ3) is 3.74. The van der Waals surface area contributed by atoms with Crippen LogP contribution in [0.5, 0.6) is 0 Å². The molecule has 1 aliphatic rings. The average Bonchev–Trinajstić information content (AvgIpc) is 3.01. The maximum Gasteiger partial charge on any atom is 0.131 e. The van der Waals surface area contributed by atoms with Crippen LogP contribution in [0.1, 0.15) is 37.4 Å². The molecule has 0 aromatic carbocycles. The predicted octanol–water partition coefficient (Wildman–Crippen LogP) is 2.69. The molecule has 0 N–H and O–H groups in total. The van der Waals surface area contributed by atoms with E-state index in [9.17, 15) is 0 Å². The number of likely N-dealkylation sites (tertiary alicyclic amines) is 1. The van der Waals surface area contributed by atoms with Crippen LogP contribution in [0, 0.1) is 6.92 Å². The third-order valence-corrected chi connectivity index (χ3v) is 4.86. The minimum atomic E-state index is 0.686. The molecule has 20 heavy (non-hydrogen) atoms. The van der Waals surface area contributed by atoms with Gasteiger partial charge in [0.05, 0.1) is 5.69 Å². The Morgan fingerprint density at radius 3 is 2.55 bits per heavy atom. The SMILES string of the molecule is Cc1nn(C)c(Cl)c1CN(C)CCC(C)N1CCCC1. The number of halogens is 1. The van der Waals surface area contributed by atoms with E-state index in [1.165, 1.54) is 32.4 Å². The molecule has 0 amide bonds. The van der Waals surface area contributed by atoms with Crippen LogP contribution in [0.4, 0.5) is 0 Å². The van der Waals surface area contributed by atoms with Gasteiger partial charge in [0.1, 0.15) is 5.15 Å². The molecule has 1 fully saturated rings. The average molecular weight is 299 g/mol. The van der Waals surface area contributed by atoms with E-state index in [0.29, 0.717) is 6.04 Å². The van der Waals surface area contributed by atoms with Crippen molar-refractivity contribution in [3.63, 3.8) is 0 Å². The first-order valence-electron chi connectivity index (χ1n) is 7.59. The highest BCUT2D eigenvalue weighted by atomic mass is 35.5. The van der Waals surface area contributed by atoms with Crippen molar-refractivity contribution in [1.82, 2.24) is 19.6 Å². The summed E-state index contributed by atoms with van der Waals surface area (Å²) in [6.45, 7) is 8.91. The van der Waals surface area contributed by atoms with Gasteiger partial charge in [0.2, 0.25) is 0 Å². The van der Waals surface area contributed by atoms with Crippen molar-refractivity contribution in [2.75, 3.05) is 26.7 Å². The van der Waals surface area contributed by atoms with Gasteiger partial charge in [0.15, 0.2) is 0 Å². The molecular weight excluding hydrogens is 272 g/mol. The van der Waals surface area contributed by atoms with E-state index >= 15 is 0 Å². The van der Waals surface area contributed by atoms with E-state index in [-0.39, 0.29) is 0 Å². The summed E-state index contributed by atoms with van der Waals surface area (Å²) in [5, 5.41) is 5.14. The number of hydrogen-bond acceptors (Lipinski definition) is 3. The zero-order valence-electron chi connectivity index (χ0n) is 13.2. The Morgan fingerprint density at radius 1 is 1.35 bits per heavy atom. The van der Waals surface area contributed by atoms with Gasteiger partial charge in [-0.1, -0.05) is 11.6 Å². The van der Waals surface area contributed by atoms with Crippen LogP contribution in [0.3, 0.4) is 0 Å². The lowest BCUT2D eigenvalue weighted by Crippen LogP contribution is -2.33. The highest BCUT2D eigenvalue weighted by Gasteiger charge is 2.19. The molecule has 0 aliphatic carbocycles. The first-order chi connectivity index (χ1) is 9.49. The van der Waals surface area contributed by atoms with E-state index in [0.717, 1.165) is 29.5 Å². The molecule has 1 atom stereocenters. The van der Waals surface area contributed by atoms with Crippen LogP contribution in [0.2, 0.25) is 5.15 Å². The van der Waals surface area contributed by atoms with Crippen LogP contribution < -0.4 is 0 Å². The van der Waals surface area contributed by atoms with Gasteiger partial charge in [-0.05, 0) is 59.8 Å². The molecule has 0 spiro atoms. The molecule has 1 unspecified atom stereocenters. The normalized spacial score (nSPS) is 18.1. The van der Waals surface area contributed by atoms with E-state index in [4.69, 9.17) is 11.6 Å².